The normalized spacial score (nSPS) is 10.2. The lowest BCUT2D eigenvalue weighted by atomic mass is 10.2. The van der Waals surface area contributed by atoms with Crippen molar-refractivity contribution in [3.63, 3.8) is 0 Å². The second-order valence-corrected chi connectivity index (χ2v) is 4.05. The molecule has 0 aliphatic heterocycles. The molecule has 0 aliphatic rings. The molecule has 0 atom stereocenters. The van der Waals surface area contributed by atoms with Crippen molar-refractivity contribution >= 4 is 29.0 Å². The number of aromatic amines is 1. The van der Waals surface area contributed by atoms with Gasteiger partial charge in [0, 0.05) is 6.07 Å². The average molecular weight is 251 g/mol. The summed E-state index contributed by atoms with van der Waals surface area (Å²) in [6.07, 6.45) is 0. The van der Waals surface area contributed by atoms with Crippen molar-refractivity contribution in [3.05, 3.63) is 40.5 Å². The zero-order valence-corrected chi connectivity index (χ0v) is 9.88. The second-order valence-electron chi connectivity index (χ2n) is 3.64. The van der Waals surface area contributed by atoms with Gasteiger partial charge in [-0.3, -0.25) is 9.89 Å². The van der Waals surface area contributed by atoms with E-state index in [9.17, 15) is 4.79 Å². The SMILES string of the molecule is Cc1ccc(NC(=O)c2cc(N)n[nH]2)c(Cl)c1. The molecule has 0 bridgehead atoms. The summed E-state index contributed by atoms with van der Waals surface area (Å²) in [4.78, 5) is 11.8. The van der Waals surface area contributed by atoms with Crippen LogP contribution >= 0.6 is 11.6 Å². The van der Waals surface area contributed by atoms with Crippen LogP contribution in [0, 0.1) is 6.92 Å². The molecule has 1 heterocycles. The van der Waals surface area contributed by atoms with Crippen LogP contribution in [0.2, 0.25) is 5.02 Å². The van der Waals surface area contributed by atoms with Gasteiger partial charge in [0.1, 0.15) is 11.5 Å². The monoisotopic (exact) mass is 250 g/mol. The van der Waals surface area contributed by atoms with Gasteiger partial charge in [-0.15, -0.1) is 0 Å². The molecule has 4 N–H and O–H groups in total. The Morgan fingerprint density at radius 3 is 2.82 bits per heavy atom. The van der Waals surface area contributed by atoms with Gasteiger partial charge in [0.05, 0.1) is 10.7 Å². The molecule has 1 amide bonds. The lowest BCUT2D eigenvalue weighted by Crippen LogP contribution is -2.12. The largest absolute Gasteiger partial charge is 0.382 e. The van der Waals surface area contributed by atoms with Gasteiger partial charge in [0.25, 0.3) is 5.91 Å². The quantitative estimate of drug-likeness (QED) is 0.764. The van der Waals surface area contributed by atoms with Crippen LogP contribution in [0.3, 0.4) is 0 Å². The average Bonchev–Trinajstić information content (AvgIpc) is 2.69. The van der Waals surface area contributed by atoms with Crippen LogP contribution < -0.4 is 11.1 Å². The molecular weight excluding hydrogens is 240 g/mol. The van der Waals surface area contributed by atoms with Gasteiger partial charge in [0.2, 0.25) is 0 Å². The van der Waals surface area contributed by atoms with E-state index < -0.39 is 0 Å². The molecule has 2 aromatic rings. The Bertz CT molecular complexity index is 564. The fourth-order valence-electron chi connectivity index (χ4n) is 1.36. The Morgan fingerprint density at radius 1 is 1.47 bits per heavy atom. The number of aromatic nitrogens is 2. The number of nitrogens with zero attached hydrogens (tertiary/aromatic N) is 1. The van der Waals surface area contributed by atoms with E-state index in [0.717, 1.165) is 5.56 Å². The summed E-state index contributed by atoms with van der Waals surface area (Å²) in [7, 11) is 0. The number of halogens is 1. The van der Waals surface area contributed by atoms with Gasteiger partial charge in [0.15, 0.2) is 0 Å². The lowest BCUT2D eigenvalue weighted by molar-refractivity contribution is 0.102. The molecule has 0 fully saturated rings. The van der Waals surface area contributed by atoms with Gasteiger partial charge in [-0.05, 0) is 24.6 Å². The number of anilines is 2. The van der Waals surface area contributed by atoms with E-state index in [1.54, 1.807) is 12.1 Å². The molecule has 0 aliphatic carbocycles. The number of hydrogen-bond donors (Lipinski definition) is 3. The number of aryl methyl sites for hydroxylation is 1. The molecule has 2 rings (SSSR count). The summed E-state index contributed by atoms with van der Waals surface area (Å²) in [5, 5.41) is 9.36. The van der Waals surface area contributed by atoms with E-state index >= 15 is 0 Å². The minimum atomic E-state index is -0.333. The minimum absolute atomic E-state index is 0.269. The summed E-state index contributed by atoms with van der Waals surface area (Å²) < 4.78 is 0. The highest BCUT2D eigenvalue weighted by atomic mass is 35.5. The molecular formula is C11H11ClN4O. The predicted molar refractivity (Wildman–Crippen MR) is 67.1 cm³/mol. The van der Waals surface area contributed by atoms with Gasteiger partial charge in [-0.1, -0.05) is 17.7 Å². The number of H-pyrrole nitrogens is 1. The highest BCUT2D eigenvalue weighted by molar-refractivity contribution is 6.34. The van der Waals surface area contributed by atoms with E-state index in [1.165, 1.54) is 6.07 Å². The zero-order chi connectivity index (χ0) is 12.4. The van der Waals surface area contributed by atoms with Crippen LogP contribution in [-0.2, 0) is 0 Å². The maximum Gasteiger partial charge on any atom is 0.273 e. The molecule has 0 saturated heterocycles. The molecule has 0 radical (unpaired) electrons. The molecule has 17 heavy (non-hydrogen) atoms. The molecule has 1 aromatic carbocycles. The topological polar surface area (TPSA) is 83.8 Å². The van der Waals surface area contributed by atoms with Crippen LogP contribution in [-0.4, -0.2) is 16.1 Å². The summed E-state index contributed by atoms with van der Waals surface area (Å²) in [5.74, 6) is -0.0647. The van der Waals surface area contributed by atoms with Crippen molar-refractivity contribution < 1.29 is 4.79 Å². The number of amides is 1. The summed E-state index contributed by atoms with van der Waals surface area (Å²) in [6, 6.07) is 6.84. The lowest BCUT2D eigenvalue weighted by Gasteiger charge is -2.06. The third-order valence-electron chi connectivity index (χ3n) is 2.22. The number of hydrogen-bond acceptors (Lipinski definition) is 3. The predicted octanol–water partition coefficient (Wildman–Crippen LogP) is 2.21. The smallest absolute Gasteiger partial charge is 0.273 e. The Morgan fingerprint density at radius 2 is 2.24 bits per heavy atom. The summed E-state index contributed by atoms with van der Waals surface area (Å²) in [6.45, 7) is 1.92. The molecule has 1 aromatic heterocycles. The van der Waals surface area contributed by atoms with Gasteiger partial charge >= 0.3 is 0 Å². The minimum Gasteiger partial charge on any atom is -0.382 e. The summed E-state index contributed by atoms with van der Waals surface area (Å²) >= 11 is 6.00. The first-order valence-electron chi connectivity index (χ1n) is 4.94. The Labute approximate surface area is 103 Å². The number of nitrogen functional groups attached to an aromatic ring is 1. The third kappa shape index (κ3) is 2.57. The fourth-order valence-corrected chi connectivity index (χ4v) is 1.65. The molecule has 5 nitrogen and oxygen atoms in total. The van der Waals surface area contributed by atoms with Crippen LogP contribution in [0.1, 0.15) is 16.1 Å². The number of carbonyl (C=O) groups is 1. The molecule has 0 spiro atoms. The number of nitrogens with one attached hydrogen (secondary N) is 2. The maximum atomic E-state index is 11.8. The van der Waals surface area contributed by atoms with Gasteiger partial charge < -0.3 is 11.1 Å². The van der Waals surface area contributed by atoms with Crippen LogP contribution in [0.15, 0.2) is 24.3 Å². The highest BCUT2D eigenvalue weighted by Gasteiger charge is 2.10. The first-order valence-corrected chi connectivity index (χ1v) is 5.32. The van der Waals surface area contributed by atoms with Crippen LogP contribution in [0.4, 0.5) is 11.5 Å². The number of nitrogens with two attached hydrogens (primary N) is 1. The molecule has 0 saturated carbocycles. The van der Waals surface area contributed by atoms with Crippen molar-refractivity contribution in [2.75, 3.05) is 11.1 Å². The molecule has 0 unspecified atom stereocenters. The second kappa shape index (κ2) is 4.47. The Kier molecular flexibility index (Phi) is 3.01. The molecule has 88 valence electrons. The number of benzene rings is 1. The van der Waals surface area contributed by atoms with Crippen LogP contribution in [0.5, 0.6) is 0 Å². The number of carbonyl (C=O) groups excluding carboxylic acids is 1. The first-order chi connectivity index (χ1) is 8.06. The first kappa shape index (κ1) is 11.5. The van der Waals surface area contributed by atoms with E-state index in [-0.39, 0.29) is 11.7 Å². The zero-order valence-electron chi connectivity index (χ0n) is 9.12. The fraction of sp³-hybridized carbons (Fsp3) is 0.0909. The maximum absolute atomic E-state index is 11.8. The van der Waals surface area contributed by atoms with E-state index in [1.807, 2.05) is 13.0 Å². The molecule has 6 heteroatoms. The van der Waals surface area contributed by atoms with Gasteiger partial charge in [-0.2, -0.15) is 5.10 Å². The van der Waals surface area contributed by atoms with Crippen molar-refractivity contribution in [1.29, 1.82) is 0 Å². The van der Waals surface area contributed by atoms with Crippen molar-refractivity contribution in [1.82, 2.24) is 10.2 Å². The van der Waals surface area contributed by atoms with Gasteiger partial charge in [-0.25, -0.2) is 0 Å². The Hall–Kier alpha value is -2.01. The third-order valence-corrected chi connectivity index (χ3v) is 2.53. The van der Waals surface area contributed by atoms with Crippen molar-refractivity contribution in [3.8, 4) is 0 Å². The summed E-state index contributed by atoms with van der Waals surface area (Å²) in [5.41, 5.74) is 7.28. The van der Waals surface area contributed by atoms with E-state index in [2.05, 4.69) is 15.5 Å². The highest BCUT2D eigenvalue weighted by Crippen LogP contribution is 2.23. The van der Waals surface area contributed by atoms with E-state index in [0.29, 0.717) is 16.4 Å². The van der Waals surface area contributed by atoms with Crippen LogP contribution in [0.25, 0.3) is 0 Å². The standard InChI is InChI=1S/C11H11ClN4O/c1-6-2-3-8(7(12)4-6)14-11(17)9-5-10(13)16-15-9/h2-5H,1H3,(H,14,17)(H3,13,15,16). The Balaban J connectivity index is 2.18. The van der Waals surface area contributed by atoms with Crippen molar-refractivity contribution in [2.45, 2.75) is 6.92 Å². The van der Waals surface area contributed by atoms with Crippen molar-refractivity contribution in [2.24, 2.45) is 0 Å². The number of rotatable bonds is 2. The van der Waals surface area contributed by atoms with E-state index in [4.69, 9.17) is 17.3 Å².